The fourth-order valence-corrected chi connectivity index (χ4v) is 2.78. The molecule has 5 nitrogen and oxygen atoms in total. The molecular formula is C20H25FN2O3. The Morgan fingerprint density at radius 2 is 1.92 bits per heavy atom. The first-order chi connectivity index (χ1) is 12.4. The van der Waals surface area contributed by atoms with Crippen LogP contribution in [0.1, 0.15) is 17.2 Å². The Labute approximate surface area is 153 Å². The van der Waals surface area contributed by atoms with Crippen LogP contribution in [0.5, 0.6) is 11.5 Å². The van der Waals surface area contributed by atoms with E-state index < -0.39 is 0 Å². The maximum Gasteiger partial charge on any atom is 0.224 e. The van der Waals surface area contributed by atoms with Crippen molar-refractivity contribution in [2.75, 3.05) is 34.9 Å². The van der Waals surface area contributed by atoms with E-state index in [1.165, 1.54) is 12.1 Å². The van der Waals surface area contributed by atoms with Gasteiger partial charge in [0.1, 0.15) is 17.3 Å². The summed E-state index contributed by atoms with van der Waals surface area (Å²) in [7, 11) is 6.93. The zero-order valence-electron chi connectivity index (χ0n) is 15.6. The van der Waals surface area contributed by atoms with E-state index in [4.69, 9.17) is 9.47 Å². The van der Waals surface area contributed by atoms with Crippen molar-refractivity contribution in [2.45, 2.75) is 12.5 Å². The van der Waals surface area contributed by atoms with Crippen LogP contribution in [0, 0.1) is 5.82 Å². The average molecular weight is 360 g/mol. The van der Waals surface area contributed by atoms with E-state index in [1.54, 1.807) is 38.5 Å². The molecule has 26 heavy (non-hydrogen) atoms. The van der Waals surface area contributed by atoms with Gasteiger partial charge in [-0.2, -0.15) is 0 Å². The molecule has 1 unspecified atom stereocenters. The zero-order valence-corrected chi connectivity index (χ0v) is 15.6. The summed E-state index contributed by atoms with van der Waals surface area (Å²) < 4.78 is 24.0. The molecule has 1 N–H and O–H groups in total. The van der Waals surface area contributed by atoms with Crippen molar-refractivity contribution >= 4 is 5.91 Å². The lowest BCUT2D eigenvalue weighted by atomic mass is 10.1. The Bertz CT molecular complexity index is 750. The molecule has 0 radical (unpaired) electrons. The number of nitrogens with one attached hydrogen (secondary N) is 1. The van der Waals surface area contributed by atoms with Gasteiger partial charge in [-0.3, -0.25) is 4.79 Å². The van der Waals surface area contributed by atoms with Gasteiger partial charge < -0.3 is 19.7 Å². The monoisotopic (exact) mass is 360 g/mol. The second-order valence-electron chi connectivity index (χ2n) is 6.19. The lowest BCUT2D eigenvalue weighted by molar-refractivity contribution is -0.120. The second-order valence-corrected chi connectivity index (χ2v) is 6.19. The molecule has 0 aliphatic rings. The van der Waals surface area contributed by atoms with Crippen molar-refractivity contribution in [3.05, 3.63) is 59.4 Å². The van der Waals surface area contributed by atoms with Crippen molar-refractivity contribution < 1.29 is 18.7 Å². The van der Waals surface area contributed by atoms with Crippen LogP contribution in [0.15, 0.2) is 42.5 Å². The largest absolute Gasteiger partial charge is 0.497 e. The predicted molar refractivity (Wildman–Crippen MR) is 99.1 cm³/mol. The minimum absolute atomic E-state index is 0.123. The van der Waals surface area contributed by atoms with Gasteiger partial charge in [0.05, 0.1) is 26.7 Å². The third kappa shape index (κ3) is 5.20. The molecule has 0 saturated carbocycles. The average Bonchev–Trinajstić information content (AvgIpc) is 2.61. The predicted octanol–water partition coefficient (Wildman–Crippen LogP) is 2.80. The van der Waals surface area contributed by atoms with Crippen LogP contribution >= 0.6 is 0 Å². The van der Waals surface area contributed by atoms with Gasteiger partial charge in [-0.05, 0) is 50.0 Å². The van der Waals surface area contributed by atoms with Gasteiger partial charge in [-0.25, -0.2) is 4.39 Å². The number of amides is 1. The summed E-state index contributed by atoms with van der Waals surface area (Å²) in [6, 6.07) is 11.6. The number of hydrogen-bond donors (Lipinski definition) is 1. The van der Waals surface area contributed by atoms with Crippen molar-refractivity contribution in [3.8, 4) is 11.5 Å². The van der Waals surface area contributed by atoms with Crippen LogP contribution in [-0.4, -0.2) is 45.7 Å². The van der Waals surface area contributed by atoms with Crippen LogP contribution in [0.3, 0.4) is 0 Å². The van der Waals surface area contributed by atoms with Crippen LogP contribution in [-0.2, 0) is 11.2 Å². The molecule has 2 rings (SSSR count). The molecule has 1 amide bonds. The molecule has 140 valence electrons. The highest BCUT2D eigenvalue weighted by Crippen LogP contribution is 2.24. The van der Waals surface area contributed by atoms with Gasteiger partial charge in [-0.15, -0.1) is 0 Å². The van der Waals surface area contributed by atoms with Gasteiger partial charge >= 0.3 is 0 Å². The molecule has 0 bridgehead atoms. The number of carbonyl (C=O) groups is 1. The topological polar surface area (TPSA) is 50.8 Å². The van der Waals surface area contributed by atoms with Crippen molar-refractivity contribution in [2.24, 2.45) is 0 Å². The van der Waals surface area contributed by atoms with Crippen LogP contribution in [0.25, 0.3) is 0 Å². The Kier molecular flexibility index (Phi) is 6.97. The Hall–Kier alpha value is -2.60. The van der Waals surface area contributed by atoms with Gasteiger partial charge in [0.15, 0.2) is 0 Å². The summed E-state index contributed by atoms with van der Waals surface area (Å²) in [4.78, 5) is 14.4. The third-order valence-electron chi connectivity index (χ3n) is 4.19. The number of benzene rings is 2. The molecule has 0 aromatic heterocycles. The quantitative estimate of drug-likeness (QED) is 0.787. The molecule has 0 heterocycles. The summed E-state index contributed by atoms with van der Waals surface area (Å²) in [6.07, 6.45) is 0.170. The SMILES string of the molecule is COc1ccc(OC)c(CC(=O)NCC(c2cccc(F)c2)N(C)C)c1. The number of carbonyl (C=O) groups excluding carboxylic acids is 1. The molecule has 0 fully saturated rings. The molecule has 1 atom stereocenters. The van der Waals surface area contributed by atoms with Crippen LogP contribution in [0.2, 0.25) is 0 Å². The first-order valence-electron chi connectivity index (χ1n) is 8.34. The summed E-state index contributed by atoms with van der Waals surface area (Å²) in [5.41, 5.74) is 1.56. The van der Waals surface area contributed by atoms with Crippen LogP contribution in [0.4, 0.5) is 4.39 Å². The van der Waals surface area contributed by atoms with Gasteiger partial charge in [0, 0.05) is 12.1 Å². The van der Waals surface area contributed by atoms with Crippen molar-refractivity contribution in [3.63, 3.8) is 0 Å². The Balaban J connectivity index is 2.05. The first-order valence-corrected chi connectivity index (χ1v) is 8.34. The van der Waals surface area contributed by atoms with Gasteiger partial charge in [-0.1, -0.05) is 12.1 Å². The third-order valence-corrected chi connectivity index (χ3v) is 4.19. The number of likely N-dealkylation sites (N-methyl/N-ethyl adjacent to an activating group) is 1. The normalized spacial score (nSPS) is 11.9. The fourth-order valence-electron chi connectivity index (χ4n) is 2.78. The number of halogens is 1. The number of ether oxygens (including phenoxy) is 2. The van der Waals surface area contributed by atoms with Crippen LogP contribution < -0.4 is 14.8 Å². The van der Waals surface area contributed by atoms with E-state index in [0.29, 0.717) is 18.0 Å². The maximum atomic E-state index is 13.5. The summed E-state index contributed by atoms with van der Waals surface area (Å²) in [5, 5.41) is 2.92. The lowest BCUT2D eigenvalue weighted by Crippen LogP contribution is -2.35. The van der Waals surface area contributed by atoms with Gasteiger partial charge in [0.2, 0.25) is 5.91 Å². The fraction of sp³-hybridized carbons (Fsp3) is 0.350. The molecular weight excluding hydrogens is 335 g/mol. The smallest absolute Gasteiger partial charge is 0.224 e. The highest BCUT2D eigenvalue weighted by molar-refractivity contribution is 5.79. The van der Waals surface area contributed by atoms with E-state index in [0.717, 1.165) is 11.1 Å². The molecule has 2 aromatic carbocycles. The highest BCUT2D eigenvalue weighted by atomic mass is 19.1. The van der Waals surface area contributed by atoms with Crippen molar-refractivity contribution in [1.82, 2.24) is 10.2 Å². The van der Waals surface area contributed by atoms with Crippen molar-refractivity contribution in [1.29, 1.82) is 0 Å². The molecule has 6 heteroatoms. The molecule has 0 spiro atoms. The van der Waals surface area contributed by atoms with E-state index in [2.05, 4.69) is 5.32 Å². The number of rotatable bonds is 8. The molecule has 0 aliphatic heterocycles. The number of methoxy groups -OCH3 is 2. The maximum absolute atomic E-state index is 13.5. The Morgan fingerprint density at radius 1 is 1.15 bits per heavy atom. The summed E-state index contributed by atoms with van der Waals surface area (Å²) in [6.45, 7) is 0.377. The van der Waals surface area contributed by atoms with E-state index in [1.807, 2.05) is 25.1 Å². The van der Waals surface area contributed by atoms with E-state index in [9.17, 15) is 9.18 Å². The highest BCUT2D eigenvalue weighted by Gasteiger charge is 2.17. The summed E-state index contributed by atoms with van der Waals surface area (Å²) >= 11 is 0. The number of hydrogen-bond acceptors (Lipinski definition) is 4. The lowest BCUT2D eigenvalue weighted by Gasteiger charge is -2.25. The van der Waals surface area contributed by atoms with E-state index >= 15 is 0 Å². The minimum Gasteiger partial charge on any atom is -0.497 e. The van der Waals surface area contributed by atoms with Gasteiger partial charge in [0.25, 0.3) is 0 Å². The van der Waals surface area contributed by atoms with E-state index in [-0.39, 0.29) is 24.2 Å². The number of nitrogens with zero attached hydrogens (tertiary/aromatic N) is 1. The second kappa shape index (κ2) is 9.20. The standard InChI is InChI=1S/C20H25FN2O3/c1-23(2)18(14-6-5-7-16(21)10-14)13-22-20(24)12-15-11-17(25-3)8-9-19(15)26-4/h5-11,18H,12-13H2,1-4H3,(H,22,24). The first kappa shape index (κ1) is 19.7. The minimum atomic E-state index is -0.290. The summed E-state index contributed by atoms with van der Waals surface area (Å²) in [5.74, 6) is 0.872. The molecule has 0 saturated heterocycles. The Morgan fingerprint density at radius 3 is 2.54 bits per heavy atom. The molecule has 2 aromatic rings. The molecule has 0 aliphatic carbocycles. The zero-order chi connectivity index (χ0) is 19.1.